The van der Waals surface area contributed by atoms with E-state index in [1.165, 1.54) is 18.4 Å². The SMILES string of the molecule is CCCCCCCC(=O)Oc1ccc2c3c1O[C@H]1C(=O)CCC([C@H](N(C)C)C2)[C@@]31CI. The zero-order valence-corrected chi connectivity index (χ0v) is 21.1. The fourth-order valence-electron chi connectivity index (χ4n) is 5.98. The monoisotopic (exact) mass is 539 g/mol. The lowest BCUT2D eigenvalue weighted by atomic mass is 9.55. The van der Waals surface area contributed by atoms with Crippen LogP contribution >= 0.6 is 22.6 Å². The van der Waals surface area contributed by atoms with E-state index in [2.05, 4.69) is 54.6 Å². The Balaban J connectivity index is 1.63. The molecule has 0 saturated heterocycles. The van der Waals surface area contributed by atoms with Crippen molar-refractivity contribution in [2.75, 3.05) is 18.5 Å². The number of nitrogens with zero attached hydrogens (tertiary/aromatic N) is 1. The minimum atomic E-state index is -0.464. The zero-order chi connectivity index (χ0) is 22.2. The van der Waals surface area contributed by atoms with Gasteiger partial charge in [-0.05, 0) is 50.9 Å². The summed E-state index contributed by atoms with van der Waals surface area (Å²) in [5.74, 6) is 1.48. The van der Waals surface area contributed by atoms with Crippen molar-refractivity contribution < 1.29 is 19.1 Å². The largest absolute Gasteiger partial charge is 0.477 e. The summed E-state index contributed by atoms with van der Waals surface area (Å²) < 4.78 is 13.0. The number of halogens is 1. The van der Waals surface area contributed by atoms with Gasteiger partial charge in [0.05, 0.1) is 5.41 Å². The van der Waals surface area contributed by atoms with Crippen molar-refractivity contribution >= 4 is 34.3 Å². The summed E-state index contributed by atoms with van der Waals surface area (Å²) in [5.41, 5.74) is 2.05. The maximum atomic E-state index is 13.0. The minimum absolute atomic E-state index is 0.183. The molecule has 170 valence electrons. The molecule has 1 heterocycles. The predicted octanol–water partition coefficient (Wildman–Crippen LogP) is 4.85. The number of esters is 1. The summed E-state index contributed by atoms with van der Waals surface area (Å²) in [6.07, 6.45) is 7.82. The van der Waals surface area contributed by atoms with Gasteiger partial charge in [-0.3, -0.25) is 9.59 Å². The number of hydrogen-bond acceptors (Lipinski definition) is 5. The van der Waals surface area contributed by atoms with Crippen molar-refractivity contribution in [2.45, 2.75) is 82.3 Å². The van der Waals surface area contributed by atoms with Gasteiger partial charge < -0.3 is 14.4 Å². The molecular weight excluding hydrogens is 505 g/mol. The van der Waals surface area contributed by atoms with Crippen LogP contribution in [-0.2, 0) is 21.4 Å². The first-order valence-electron chi connectivity index (χ1n) is 11.7. The van der Waals surface area contributed by atoms with Gasteiger partial charge in [0.15, 0.2) is 23.4 Å². The molecule has 0 radical (unpaired) electrons. The minimum Gasteiger partial charge on any atom is -0.477 e. The number of alkyl halides is 1. The molecule has 2 aliphatic carbocycles. The van der Waals surface area contributed by atoms with E-state index < -0.39 is 6.10 Å². The number of hydrogen-bond donors (Lipinski definition) is 0. The van der Waals surface area contributed by atoms with Crippen molar-refractivity contribution in [2.24, 2.45) is 5.92 Å². The second kappa shape index (κ2) is 9.38. The lowest BCUT2D eigenvalue weighted by Crippen LogP contribution is -2.61. The molecule has 4 atom stereocenters. The van der Waals surface area contributed by atoms with E-state index in [1.807, 2.05) is 6.07 Å². The van der Waals surface area contributed by atoms with Crippen LogP contribution in [0.4, 0.5) is 0 Å². The van der Waals surface area contributed by atoms with E-state index in [0.29, 0.717) is 36.3 Å². The van der Waals surface area contributed by atoms with E-state index in [9.17, 15) is 9.59 Å². The third-order valence-electron chi connectivity index (χ3n) is 7.52. The molecule has 0 spiro atoms. The van der Waals surface area contributed by atoms with Crippen LogP contribution in [0.5, 0.6) is 11.5 Å². The molecule has 1 aromatic carbocycles. The van der Waals surface area contributed by atoms with Crippen LogP contribution in [0.2, 0.25) is 0 Å². The quantitative estimate of drug-likeness (QED) is 0.148. The van der Waals surface area contributed by atoms with Crippen LogP contribution < -0.4 is 9.47 Å². The molecule has 1 saturated carbocycles. The first kappa shape index (κ1) is 23.0. The second-order valence-electron chi connectivity index (χ2n) is 9.58. The lowest BCUT2D eigenvalue weighted by molar-refractivity contribution is -0.134. The molecule has 5 nitrogen and oxygen atoms in total. The molecule has 31 heavy (non-hydrogen) atoms. The molecule has 3 aliphatic rings. The average molecular weight is 539 g/mol. The first-order chi connectivity index (χ1) is 14.9. The fraction of sp³-hybridized carbons (Fsp3) is 0.680. The summed E-state index contributed by atoms with van der Waals surface area (Å²) in [6.45, 7) is 2.18. The van der Waals surface area contributed by atoms with Gasteiger partial charge in [-0.1, -0.05) is 61.3 Å². The summed E-state index contributed by atoms with van der Waals surface area (Å²) in [7, 11) is 4.27. The van der Waals surface area contributed by atoms with Crippen LogP contribution in [-0.4, -0.2) is 47.3 Å². The Hall–Kier alpha value is -1.15. The van der Waals surface area contributed by atoms with Crippen LogP contribution in [0.3, 0.4) is 0 Å². The molecule has 0 N–H and O–H groups in total. The van der Waals surface area contributed by atoms with Crippen molar-refractivity contribution in [1.29, 1.82) is 0 Å². The number of unbranched alkanes of at least 4 members (excludes halogenated alkanes) is 4. The van der Waals surface area contributed by atoms with Gasteiger partial charge in [-0.15, -0.1) is 0 Å². The predicted molar refractivity (Wildman–Crippen MR) is 129 cm³/mol. The van der Waals surface area contributed by atoms with E-state index in [0.717, 1.165) is 42.1 Å². The van der Waals surface area contributed by atoms with Crippen molar-refractivity contribution in [3.05, 3.63) is 23.3 Å². The summed E-state index contributed by atoms with van der Waals surface area (Å²) in [5, 5.41) is 0. The molecule has 1 fully saturated rings. The number of carbonyl (C=O) groups is 2. The second-order valence-corrected chi connectivity index (χ2v) is 10.3. The maximum Gasteiger partial charge on any atom is 0.311 e. The third-order valence-corrected chi connectivity index (χ3v) is 8.78. The molecule has 0 aromatic heterocycles. The molecular formula is C25H34INO4. The fourth-order valence-corrected chi connectivity index (χ4v) is 7.33. The van der Waals surface area contributed by atoms with Crippen LogP contribution in [0.1, 0.15) is 69.4 Å². The Kier molecular flexibility index (Phi) is 6.96. The Labute approximate surface area is 199 Å². The Bertz CT molecular complexity index is 854. The van der Waals surface area contributed by atoms with Gasteiger partial charge >= 0.3 is 5.97 Å². The molecule has 1 unspecified atom stereocenters. The molecule has 4 rings (SSSR count). The average Bonchev–Trinajstić information content (AvgIpc) is 3.12. The highest BCUT2D eigenvalue weighted by molar-refractivity contribution is 14.1. The smallest absolute Gasteiger partial charge is 0.311 e. The number of rotatable bonds is 9. The van der Waals surface area contributed by atoms with Gasteiger partial charge in [0, 0.05) is 28.9 Å². The van der Waals surface area contributed by atoms with Gasteiger partial charge in [-0.2, -0.15) is 0 Å². The summed E-state index contributed by atoms with van der Waals surface area (Å²) >= 11 is 2.43. The molecule has 0 amide bonds. The molecule has 6 heteroatoms. The van der Waals surface area contributed by atoms with E-state index in [4.69, 9.17) is 9.47 Å². The first-order valence-corrected chi connectivity index (χ1v) is 13.2. The van der Waals surface area contributed by atoms with Crippen LogP contribution in [0.25, 0.3) is 0 Å². The number of Topliss-reactive ketones (excluding diaryl/α,β-unsaturated/α-hetero) is 1. The highest BCUT2D eigenvalue weighted by Gasteiger charge is 2.63. The van der Waals surface area contributed by atoms with Crippen molar-refractivity contribution in [3.8, 4) is 11.5 Å². The van der Waals surface area contributed by atoms with Gasteiger partial charge in [0.25, 0.3) is 0 Å². The maximum absolute atomic E-state index is 13.0. The molecule has 1 aliphatic heterocycles. The van der Waals surface area contributed by atoms with E-state index in [1.54, 1.807) is 0 Å². The third kappa shape index (κ3) is 3.92. The highest BCUT2D eigenvalue weighted by Crippen LogP contribution is 2.60. The standard InChI is InChI=1S/C25H34INO4/c1-4-5-6-7-8-9-21(29)30-20-13-10-16-14-18(27(2)3)17-11-12-19(28)24-25(17,15-26)22(16)23(20)31-24/h10,13,17-18,24H,4-9,11-12,14-15H2,1-3H3/t17?,18-,24+,25+/m1/s1. The topological polar surface area (TPSA) is 55.8 Å². The van der Waals surface area contributed by atoms with E-state index in [-0.39, 0.29) is 17.2 Å². The zero-order valence-electron chi connectivity index (χ0n) is 18.9. The number of ketones is 1. The van der Waals surface area contributed by atoms with E-state index >= 15 is 0 Å². The van der Waals surface area contributed by atoms with Crippen molar-refractivity contribution in [1.82, 2.24) is 4.90 Å². The van der Waals surface area contributed by atoms with Gasteiger partial charge in [-0.25, -0.2) is 0 Å². The summed E-state index contributed by atoms with van der Waals surface area (Å²) in [6, 6.07) is 4.34. The van der Waals surface area contributed by atoms with Crippen LogP contribution in [0, 0.1) is 5.92 Å². The lowest BCUT2D eigenvalue weighted by Gasteiger charge is -2.51. The highest BCUT2D eigenvalue weighted by atomic mass is 127. The Morgan fingerprint density at radius 2 is 2.03 bits per heavy atom. The van der Waals surface area contributed by atoms with Gasteiger partial charge in [0.2, 0.25) is 0 Å². The molecule has 1 aromatic rings. The number of carbonyl (C=O) groups excluding carboxylic acids is 2. The summed E-state index contributed by atoms with van der Waals surface area (Å²) in [4.78, 5) is 27.8. The molecule has 0 bridgehead atoms. The normalized spacial score (nSPS) is 28.4. The Morgan fingerprint density at radius 1 is 1.26 bits per heavy atom. The van der Waals surface area contributed by atoms with Crippen molar-refractivity contribution in [3.63, 3.8) is 0 Å². The number of ether oxygens (including phenoxy) is 2. The van der Waals surface area contributed by atoms with Crippen LogP contribution in [0.15, 0.2) is 12.1 Å². The Morgan fingerprint density at radius 3 is 2.74 bits per heavy atom. The number of likely N-dealkylation sites (N-methyl/N-ethyl adjacent to an activating group) is 1. The van der Waals surface area contributed by atoms with Gasteiger partial charge in [0.1, 0.15) is 0 Å². The number of benzene rings is 1.